The summed E-state index contributed by atoms with van der Waals surface area (Å²) >= 11 is 0. The molecular formula is C26H26O6. The van der Waals surface area contributed by atoms with Crippen LogP contribution >= 0.6 is 0 Å². The first-order valence-electron chi connectivity index (χ1n) is 10.8. The van der Waals surface area contributed by atoms with E-state index in [1.807, 2.05) is 60.7 Å². The van der Waals surface area contributed by atoms with Crippen LogP contribution in [-0.2, 0) is 9.59 Å². The summed E-state index contributed by atoms with van der Waals surface area (Å²) in [4.78, 5) is 22.8. The average Bonchev–Trinajstić information content (AvgIpc) is 3.35. The number of unbranched alkanes of at least 4 members (excludes halogenated alkanes) is 1. The molecule has 6 heteroatoms. The van der Waals surface area contributed by atoms with E-state index in [1.165, 1.54) is 0 Å². The van der Waals surface area contributed by atoms with Crippen molar-refractivity contribution in [3.05, 3.63) is 72.9 Å². The second-order valence-electron chi connectivity index (χ2n) is 8.06. The van der Waals surface area contributed by atoms with Crippen molar-refractivity contribution >= 4 is 22.5 Å². The van der Waals surface area contributed by atoms with Gasteiger partial charge in [-0.3, -0.25) is 9.59 Å². The first-order chi connectivity index (χ1) is 15.5. The van der Waals surface area contributed by atoms with Crippen molar-refractivity contribution in [2.24, 2.45) is 11.8 Å². The van der Waals surface area contributed by atoms with Crippen LogP contribution in [0.4, 0.5) is 0 Å². The third kappa shape index (κ3) is 5.08. The third-order valence-corrected chi connectivity index (χ3v) is 5.74. The summed E-state index contributed by atoms with van der Waals surface area (Å²) in [5.41, 5.74) is 0. The van der Waals surface area contributed by atoms with Crippen molar-refractivity contribution in [2.45, 2.75) is 38.1 Å². The molecule has 0 saturated carbocycles. The first kappa shape index (κ1) is 21.8. The monoisotopic (exact) mass is 434 g/mol. The van der Waals surface area contributed by atoms with Crippen LogP contribution in [0.2, 0.25) is 0 Å². The average molecular weight is 434 g/mol. The summed E-state index contributed by atoms with van der Waals surface area (Å²) < 4.78 is 11.6. The number of rotatable bonds is 9. The molecule has 0 aromatic heterocycles. The lowest BCUT2D eigenvalue weighted by molar-refractivity contribution is -0.137. The van der Waals surface area contributed by atoms with E-state index in [-0.39, 0.29) is 24.0 Å². The Kier molecular flexibility index (Phi) is 6.71. The lowest BCUT2D eigenvalue weighted by Crippen LogP contribution is -2.32. The molecule has 1 aliphatic carbocycles. The van der Waals surface area contributed by atoms with Crippen LogP contribution in [0.5, 0.6) is 11.5 Å². The molecule has 2 N–H and O–H groups in total. The highest BCUT2D eigenvalue weighted by atomic mass is 16.7. The minimum absolute atomic E-state index is 0.0526. The van der Waals surface area contributed by atoms with Gasteiger partial charge in [0.25, 0.3) is 6.29 Å². The summed E-state index contributed by atoms with van der Waals surface area (Å²) in [5.74, 6) is 0.112. The maximum Gasteiger partial charge on any atom is 0.303 e. The predicted molar refractivity (Wildman–Crippen MR) is 121 cm³/mol. The zero-order valence-corrected chi connectivity index (χ0v) is 17.6. The number of carboxylic acids is 1. The van der Waals surface area contributed by atoms with Crippen molar-refractivity contribution in [2.75, 3.05) is 0 Å². The Balaban J connectivity index is 1.33. The van der Waals surface area contributed by atoms with Crippen molar-refractivity contribution in [1.82, 2.24) is 0 Å². The number of hydrogen-bond donors (Lipinski definition) is 2. The van der Waals surface area contributed by atoms with Crippen LogP contribution in [0.1, 0.15) is 25.7 Å². The number of carboxylic acid groups (broad SMARTS) is 1. The molecule has 3 atom stereocenters. The SMILES string of the molecule is O=C(O)CCC/C=C\C[C@H]1C(=O)C=C[C@H]1/C=C/[C@H](O)C1Oc2cc3ccccc3cc2O1. The molecule has 166 valence electrons. The maximum absolute atomic E-state index is 12.2. The fraction of sp³-hybridized carbons (Fsp3) is 0.308. The van der Waals surface area contributed by atoms with Gasteiger partial charge >= 0.3 is 5.97 Å². The molecule has 6 nitrogen and oxygen atoms in total. The number of allylic oxidation sites excluding steroid dienone is 5. The van der Waals surface area contributed by atoms with Gasteiger partial charge in [0.05, 0.1) is 0 Å². The standard InChI is InChI=1S/C26H26O6/c27-21-13-11-17(20(21)9-3-1-2-4-10-25(29)30)12-14-22(28)26-31-23-15-18-7-5-6-8-19(18)16-24(23)32-26/h1,3,5-8,11-17,20,22,26,28H,2,4,9-10H2,(H,29,30)/b3-1-,14-12+/t17-,20+,22-/m0/s1. The Hall–Kier alpha value is -3.38. The van der Waals surface area contributed by atoms with Crippen LogP contribution in [0.3, 0.4) is 0 Å². The number of hydrogen-bond acceptors (Lipinski definition) is 5. The zero-order valence-electron chi connectivity index (χ0n) is 17.6. The molecule has 0 saturated heterocycles. The molecule has 4 rings (SSSR count). The first-order valence-corrected chi connectivity index (χ1v) is 10.8. The van der Waals surface area contributed by atoms with Crippen molar-refractivity contribution in [3.8, 4) is 11.5 Å². The lowest BCUT2D eigenvalue weighted by atomic mass is 9.90. The molecule has 0 spiro atoms. The molecule has 2 aromatic carbocycles. The number of carbonyl (C=O) groups is 2. The van der Waals surface area contributed by atoms with Gasteiger partial charge in [-0.2, -0.15) is 0 Å². The highest BCUT2D eigenvalue weighted by molar-refractivity contribution is 5.95. The Morgan fingerprint density at radius 1 is 1.09 bits per heavy atom. The fourth-order valence-corrected chi connectivity index (χ4v) is 3.99. The lowest BCUT2D eigenvalue weighted by Gasteiger charge is -2.16. The van der Waals surface area contributed by atoms with E-state index in [4.69, 9.17) is 14.6 Å². The number of aliphatic hydroxyl groups is 1. The van der Waals surface area contributed by atoms with Crippen molar-refractivity contribution < 1.29 is 29.3 Å². The van der Waals surface area contributed by atoms with E-state index in [1.54, 1.807) is 12.2 Å². The molecule has 32 heavy (non-hydrogen) atoms. The third-order valence-electron chi connectivity index (χ3n) is 5.74. The molecule has 0 fully saturated rings. The Bertz CT molecular complexity index is 1040. The molecule has 0 radical (unpaired) electrons. The number of ketones is 1. The molecule has 0 bridgehead atoms. The number of aliphatic carboxylic acids is 1. The van der Waals surface area contributed by atoms with Gasteiger partial charge in [-0.1, -0.05) is 54.6 Å². The number of ether oxygens (including phenoxy) is 2. The highest BCUT2D eigenvalue weighted by Gasteiger charge is 2.31. The largest absolute Gasteiger partial charge is 0.481 e. The van der Waals surface area contributed by atoms with Crippen LogP contribution < -0.4 is 9.47 Å². The molecule has 0 amide bonds. The second-order valence-corrected chi connectivity index (χ2v) is 8.06. The summed E-state index contributed by atoms with van der Waals surface area (Å²) in [6.07, 6.45) is 10.8. The second kappa shape index (κ2) is 9.83. The molecule has 0 unspecified atom stereocenters. The van der Waals surface area contributed by atoms with Gasteiger partial charge in [0.1, 0.15) is 6.10 Å². The van der Waals surface area contributed by atoms with E-state index >= 15 is 0 Å². The van der Waals surface area contributed by atoms with E-state index in [2.05, 4.69) is 0 Å². The van der Waals surface area contributed by atoms with Crippen molar-refractivity contribution in [1.29, 1.82) is 0 Å². The normalized spacial score (nSPS) is 21.3. The van der Waals surface area contributed by atoms with Crippen LogP contribution in [0.25, 0.3) is 10.8 Å². The zero-order chi connectivity index (χ0) is 22.5. The van der Waals surface area contributed by atoms with Crippen LogP contribution in [-0.4, -0.2) is 34.4 Å². The summed E-state index contributed by atoms with van der Waals surface area (Å²) in [6, 6.07) is 11.7. The van der Waals surface area contributed by atoms with Gasteiger partial charge in [0.15, 0.2) is 17.3 Å². The van der Waals surface area contributed by atoms with Crippen LogP contribution in [0, 0.1) is 11.8 Å². The molecular weight excluding hydrogens is 408 g/mol. The number of aliphatic hydroxyl groups excluding tert-OH is 1. The fourth-order valence-electron chi connectivity index (χ4n) is 3.99. The summed E-state index contributed by atoms with van der Waals surface area (Å²) in [5, 5.41) is 21.3. The quantitative estimate of drug-likeness (QED) is 0.448. The molecule has 1 aliphatic heterocycles. The van der Waals surface area contributed by atoms with E-state index in [0.29, 0.717) is 30.8 Å². The van der Waals surface area contributed by atoms with E-state index in [0.717, 1.165) is 10.8 Å². The van der Waals surface area contributed by atoms with Gasteiger partial charge in [0, 0.05) is 18.3 Å². The van der Waals surface area contributed by atoms with E-state index < -0.39 is 18.4 Å². The smallest absolute Gasteiger partial charge is 0.303 e. The van der Waals surface area contributed by atoms with Crippen LogP contribution in [0.15, 0.2) is 72.9 Å². The molecule has 2 aromatic rings. The Morgan fingerprint density at radius 2 is 1.78 bits per heavy atom. The summed E-state index contributed by atoms with van der Waals surface area (Å²) in [7, 11) is 0. The minimum Gasteiger partial charge on any atom is -0.481 e. The van der Waals surface area contributed by atoms with Gasteiger partial charge < -0.3 is 19.7 Å². The topological polar surface area (TPSA) is 93.1 Å². The molecule has 2 aliphatic rings. The van der Waals surface area contributed by atoms with Gasteiger partial charge in [-0.05, 0) is 48.2 Å². The maximum atomic E-state index is 12.2. The molecule has 1 heterocycles. The van der Waals surface area contributed by atoms with Crippen molar-refractivity contribution in [3.63, 3.8) is 0 Å². The number of fused-ring (bicyclic) bond motifs is 2. The van der Waals surface area contributed by atoms with Gasteiger partial charge in [0.2, 0.25) is 0 Å². The minimum atomic E-state index is -0.984. The Labute approximate surface area is 186 Å². The Morgan fingerprint density at radius 3 is 2.44 bits per heavy atom. The highest BCUT2D eigenvalue weighted by Crippen LogP contribution is 2.39. The van der Waals surface area contributed by atoms with Gasteiger partial charge in [-0.25, -0.2) is 0 Å². The number of benzene rings is 2. The van der Waals surface area contributed by atoms with Gasteiger partial charge in [-0.15, -0.1) is 0 Å². The van der Waals surface area contributed by atoms with E-state index in [9.17, 15) is 14.7 Å². The predicted octanol–water partition coefficient (Wildman–Crippen LogP) is 4.43. The number of carbonyl (C=O) groups excluding carboxylic acids is 1. The summed E-state index contributed by atoms with van der Waals surface area (Å²) in [6.45, 7) is 0.